The summed E-state index contributed by atoms with van der Waals surface area (Å²) < 4.78 is 11.5. The first kappa shape index (κ1) is 20.7. The van der Waals surface area contributed by atoms with Crippen molar-refractivity contribution >= 4 is 5.91 Å². The van der Waals surface area contributed by atoms with Gasteiger partial charge in [-0.1, -0.05) is 26.3 Å². The second kappa shape index (κ2) is 9.92. The van der Waals surface area contributed by atoms with Crippen molar-refractivity contribution in [2.24, 2.45) is 5.73 Å². The first-order valence-corrected chi connectivity index (χ1v) is 9.38. The summed E-state index contributed by atoms with van der Waals surface area (Å²) in [6.07, 6.45) is 4.09. The summed E-state index contributed by atoms with van der Waals surface area (Å²) in [5.41, 5.74) is 5.97. The van der Waals surface area contributed by atoms with E-state index in [0.717, 1.165) is 24.2 Å². The van der Waals surface area contributed by atoms with Gasteiger partial charge in [-0.25, -0.2) is 4.98 Å². The van der Waals surface area contributed by atoms with Crippen LogP contribution in [0.2, 0.25) is 0 Å². The van der Waals surface area contributed by atoms with Crippen molar-refractivity contribution in [3.8, 4) is 17.4 Å². The van der Waals surface area contributed by atoms with E-state index in [4.69, 9.17) is 15.2 Å². The monoisotopic (exact) mass is 371 g/mol. The Kier molecular flexibility index (Phi) is 7.61. The zero-order chi connectivity index (χ0) is 19.7. The number of aromatic nitrogens is 1. The number of hydrogen-bond donors (Lipinski definition) is 2. The van der Waals surface area contributed by atoms with E-state index in [9.17, 15) is 4.79 Å². The molecular weight excluding hydrogens is 342 g/mol. The summed E-state index contributed by atoms with van der Waals surface area (Å²) in [4.78, 5) is 16.6. The Labute approximate surface area is 161 Å². The van der Waals surface area contributed by atoms with E-state index in [1.807, 2.05) is 43.3 Å². The maximum Gasteiger partial charge on any atom is 0.240 e. The number of carbonyl (C=O) groups is 1. The number of nitrogens with one attached hydrogen (secondary N) is 1. The Morgan fingerprint density at radius 1 is 1.15 bits per heavy atom. The zero-order valence-corrected chi connectivity index (χ0v) is 16.3. The lowest BCUT2D eigenvalue weighted by molar-refractivity contribution is -0.126. The van der Waals surface area contributed by atoms with Gasteiger partial charge in [-0.3, -0.25) is 4.79 Å². The quantitative estimate of drug-likeness (QED) is 0.663. The number of carbonyl (C=O) groups excluding carboxylic acids is 1. The van der Waals surface area contributed by atoms with Gasteiger partial charge in [-0.2, -0.15) is 0 Å². The molecule has 6 nitrogen and oxygen atoms in total. The van der Waals surface area contributed by atoms with E-state index in [1.165, 1.54) is 0 Å². The van der Waals surface area contributed by atoms with Crippen LogP contribution in [0.4, 0.5) is 0 Å². The van der Waals surface area contributed by atoms with Gasteiger partial charge in [0.1, 0.15) is 11.5 Å². The predicted octanol–water partition coefficient (Wildman–Crippen LogP) is 3.80. The first-order chi connectivity index (χ1) is 13.0. The molecule has 0 radical (unpaired) electrons. The van der Waals surface area contributed by atoms with E-state index in [-0.39, 0.29) is 5.91 Å². The van der Waals surface area contributed by atoms with Gasteiger partial charge in [0, 0.05) is 18.3 Å². The van der Waals surface area contributed by atoms with Crippen molar-refractivity contribution in [1.82, 2.24) is 10.3 Å². The number of pyridine rings is 1. The van der Waals surface area contributed by atoms with Crippen molar-refractivity contribution in [3.63, 3.8) is 0 Å². The van der Waals surface area contributed by atoms with Gasteiger partial charge in [-0.15, -0.1) is 0 Å². The van der Waals surface area contributed by atoms with Crippen LogP contribution in [0.5, 0.6) is 17.4 Å². The fraction of sp³-hybridized carbons (Fsp3) is 0.429. The van der Waals surface area contributed by atoms with Gasteiger partial charge < -0.3 is 20.5 Å². The van der Waals surface area contributed by atoms with Crippen LogP contribution in [0.3, 0.4) is 0 Å². The summed E-state index contributed by atoms with van der Waals surface area (Å²) in [7, 11) is 0. The lowest BCUT2D eigenvalue weighted by Gasteiger charge is -2.23. The molecule has 2 aromatic rings. The van der Waals surface area contributed by atoms with Crippen molar-refractivity contribution in [2.45, 2.75) is 52.1 Å². The lowest BCUT2D eigenvalue weighted by atomic mass is 9.96. The summed E-state index contributed by atoms with van der Waals surface area (Å²) in [6, 6.07) is 11.1. The molecule has 0 aliphatic carbocycles. The number of hydrogen-bond acceptors (Lipinski definition) is 5. The zero-order valence-electron chi connectivity index (χ0n) is 16.3. The molecule has 1 amide bonds. The average Bonchev–Trinajstić information content (AvgIpc) is 2.66. The van der Waals surface area contributed by atoms with Crippen molar-refractivity contribution in [1.29, 1.82) is 0 Å². The highest BCUT2D eigenvalue weighted by Gasteiger charge is 2.26. The molecule has 0 aliphatic heterocycles. The van der Waals surface area contributed by atoms with Gasteiger partial charge in [0.15, 0.2) is 0 Å². The van der Waals surface area contributed by atoms with Gasteiger partial charge in [0.05, 0.1) is 12.1 Å². The van der Waals surface area contributed by atoms with Crippen LogP contribution >= 0.6 is 0 Å². The van der Waals surface area contributed by atoms with Crippen LogP contribution in [0.15, 0.2) is 42.6 Å². The van der Waals surface area contributed by atoms with E-state index in [0.29, 0.717) is 31.2 Å². The highest BCUT2D eigenvalue weighted by Crippen LogP contribution is 2.25. The molecule has 146 valence electrons. The number of rotatable bonds is 10. The molecule has 0 saturated heterocycles. The third-order valence-corrected chi connectivity index (χ3v) is 4.09. The molecule has 3 N–H and O–H groups in total. The molecule has 6 heteroatoms. The third-order valence-electron chi connectivity index (χ3n) is 4.09. The van der Waals surface area contributed by atoms with E-state index in [1.54, 1.807) is 13.1 Å². The largest absolute Gasteiger partial charge is 0.494 e. The van der Waals surface area contributed by atoms with Gasteiger partial charge in [0.2, 0.25) is 11.8 Å². The molecule has 2 rings (SSSR count). The van der Waals surface area contributed by atoms with Crippen LogP contribution in [-0.2, 0) is 11.3 Å². The molecule has 1 aromatic heterocycles. The predicted molar refractivity (Wildman–Crippen MR) is 106 cm³/mol. The molecule has 0 saturated carbocycles. The van der Waals surface area contributed by atoms with Gasteiger partial charge >= 0.3 is 0 Å². The summed E-state index contributed by atoms with van der Waals surface area (Å²) >= 11 is 0. The van der Waals surface area contributed by atoms with E-state index in [2.05, 4.69) is 17.2 Å². The summed E-state index contributed by atoms with van der Waals surface area (Å²) in [5.74, 6) is 1.72. The van der Waals surface area contributed by atoms with E-state index >= 15 is 0 Å². The fourth-order valence-electron chi connectivity index (χ4n) is 2.60. The molecular formula is C21H29N3O3. The highest BCUT2D eigenvalue weighted by atomic mass is 16.5. The Hall–Kier alpha value is -2.60. The van der Waals surface area contributed by atoms with Crippen LogP contribution < -0.4 is 20.5 Å². The van der Waals surface area contributed by atoms with Crippen LogP contribution in [-0.4, -0.2) is 23.0 Å². The number of benzene rings is 1. The number of nitrogens with zero attached hydrogens (tertiary/aromatic N) is 1. The van der Waals surface area contributed by atoms with Crippen molar-refractivity contribution < 1.29 is 14.3 Å². The maximum atomic E-state index is 12.3. The SMILES string of the molecule is CCCOc1ccc(Oc2ncccc2CNC(=O)C(C)(N)CCC)cc1. The van der Waals surface area contributed by atoms with E-state index < -0.39 is 5.54 Å². The fourth-order valence-corrected chi connectivity index (χ4v) is 2.60. The molecule has 0 spiro atoms. The second-order valence-electron chi connectivity index (χ2n) is 6.74. The Morgan fingerprint density at radius 2 is 1.85 bits per heavy atom. The first-order valence-electron chi connectivity index (χ1n) is 9.38. The Balaban J connectivity index is 2.02. The molecule has 1 unspecified atom stereocenters. The van der Waals surface area contributed by atoms with Gasteiger partial charge in [-0.05, 0) is 50.1 Å². The highest BCUT2D eigenvalue weighted by molar-refractivity contribution is 5.85. The summed E-state index contributed by atoms with van der Waals surface area (Å²) in [6.45, 7) is 6.80. The standard InChI is InChI=1S/C21H29N3O3/c1-4-12-21(3,22)20(25)24-15-16-7-6-13-23-19(16)27-18-10-8-17(9-11-18)26-14-5-2/h6-11,13H,4-5,12,14-15,22H2,1-3H3,(H,24,25). The Morgan fingerprint density at radius 3 is 2.52 bits per heavy atom. The number of amides is 1. The minimum Gasteiger partial charge on any atom is -0.494 e. The average molecular weight is 371 g/mol. The Bertz CT molecular complexity index is 730. The minimum atomic E-state index is -0.883. The molecule has 0 bridgehead atoms. The molecule has 1 aromatic carbocycles. The second-order valence-corrected chi connectivity index (χ2v) is 6.74. The molecule has 1 heterocycles. The normalized spacial score (nSPS) is 12.9. The lowest BCUT2D eigenvalue weighted by Crippen LogP contribution is -2.51. The molecule has 27 heavy (non-hydrogen) atoms. The van der Waals surface area contributed by atoms with Crippen LogP contribution in [0.1, 0.15) is 45.6 Å². The number of ether oxygens (including phenoxy) is 2. The maximum absolute atomic E-state index is 12.3. The summed E-state index contributed by atoms with van der Waals surface area (Å²) in [5, 5.41) is 2.88. The van der Waals surface area contributed by atoms with Crippen molar-refractivity contribution in [3.05, 3.63) is 48.2 Å². The van der Waals surface area contributed by atoms with Crippen LogP contribution in [0.25, 0.3) is 0 Å². The molecule has 0 fully saturated rings. The molecule has 1 atom stereocenters. The molecule has 0 aliphatic rings. The third kappa shape index (κ3) is 6.25. The smallest absolute Gasteiger partial charge is 0.240 e. The van der Waals surface area contributed by atoms with Crippen molar-refractivity contribution in [2.75, 3.05) is 6.61 Å². The van der Waals surface area contributed by atoms with Crippen LogP contribution in [0, 0.1) is 0 Å². The topological polar surface area (TPSA) is 86.5 Å². The van der Waals surface area contributed by atoms with Gasteiger partial charge in [0.25, 0.3) is 0 Å². The minimum absolute atomic E-state index is 0.184. The number of nitrogens with two attached hydrogens (primary N) is 1.